The maximum absolute atomic E-state index is 11.2. The quantitative estimate of drug-likeness (QED) is 0.432. The maximum atomic E-state index is 11.2. The SMILES string of the molecule is COC[C@H]1O[C@@H]2O[C@H]1[C@@H](/C=N/Nc1ccc([N+](=O)[O-])cc1[N+](=O)[O-])C[C@@H]2C. The van der Waals surface area contributed by atoms with Gasteiger partial charge in [-0.05, 0) is 12.5 Å². The number of non-ortho nitro benzene ring substituents is 1. The van der Waals surface area contributed by atoms with Gasteiger partial charge < -0.3 is 14.2 Å². The zero-order chi connectivity index (χ0) is 19.6. The fourth-order valence-corrected chi connectivity index (χ4v) is 3.37. The molecule has 0 amide bonds. The molecule has 3 rings (SSSR count). The predicted octanol–water partition coefficient (Wildman–Crippen LogP) is 2.31. The van der Waals surface area contributed by atoms with E-state index in [4.69, 9.17) is 14.2 Å². The standard InChI is InChI=1S/C16H20N4O7/c1-9-5-10(15-14(8-25-2)26-16(9)27-15)7-17-18-12-4-3-11(19(21)22)6-13(12)20(23)24/h3-4,6-7,9-10,14-16,18H,5,8H2,1-2H3/b17-7+/t9-,10+,14+,15-,16+/m0/s1. The summed E-state index contributed by atoms with van der Waals surface area (Å²) < 4.78 is 16.9. The van der Waals surface area contributed by atoms with Gasteiger partial charge in [0.1, 0.15) is 11.8 Å². The molecule has 146 valence electrons. The summed E-state index contributed by atoms with van der Waals surface area (Å²) in [6, 6.07) is 3.34. The van der Waals surface area contributed by atoms with Gasteiger partial charge in [0.05, 0.1) is 28.6 Å². The Bertz CT molecular complexity index is 756. The van der Waals surface area contributed by atoms with E-state index >= 15 is 0 Å². The molecule has 2 aliphatic heterocycles. The Morgan fingerprint density at radius 2 is 2.11 bits per heavy atom. The lowest BCUT2D eigenvalue weighted by atomic mass is 9.88. The average molecular weight is 380 g/mol. The number of benzene rings is 1. The number of hydrogen-bond acceptors (Lipinski definition) is 9. The summed E-state index contributed by atoms with van der Waals surface area (Å²) >= 11 is 0. The first-order chi connectivity index (χ1) is 12.9. The molecular formula is C16H20N4O7. The predicted molar refractivity (Wildman–Crippen MR) is 94.5 cm³/mol. The summed E-state index contributed by atoms with van der Waals surface area (Å²) in [6.07, 6.45) is 1.77. The molecular weight excluding hydrogens is 360 g/mol. The van der Waals surface area contributed by atoms with Crippen LogP contribution in [0.2, 0.25) is 0 Å². The Labute approximate surface area is 154 Å². The van der Waals surface area contributed by atoms with Crippen LogP contribution in [0.1, 0.15) is 13.3 Å². The van der Waals surface area contributed by atoms with Gasteiger partial charge in [-0.25, -0.2) is 0 Å². The van der Waals surface area contributed by atoms with E-state index in [0.717, 1.165) is 12.5 Å². The van der Waals surface area contributed by atoms with Gasteiger partial charge in [-0.3, -0.25) is 25.7 Å². The topological polar surface area (TPSA) is 138 Å². The molecule has 0 aliphatic carbocycles. The van der Waals surface area contributed by atoms with E-state index in [9.17, 15) is 20.2 Å². The maximum Gasteiger partial charge on any atom is 0.301 e. The molecule has 2 heterocycles. The summed E-state index contributed by atoms with van der Waals surface area (Å²) in [5, 5.41) is 26.1. The minimum atomic E-state index is -0.694. The van der Waals surface area contributed by atoms with Crippen molar-refractivity contribution < 1.29 is 24.1 Å². The van der Waals surface area contributed by atoms with Crippen LogP contribution < -0.4 is 5.43 Å². The lowest BCUT2D eigenvalue weighted by Crippen LogP contribution is -2.38. The molecule has 0 radical (unpaired) electrons. The van der Waals surface area contributed by atoms with Crippen molar-refractivity contribution in [1.29, 1.82) is 0 Å². The van der Waals surface area contributed by atoms with Crippen LogP contribution in [0.5, 0.6) is 0 Å². The molecule has 5 atom stereocenters. The van der Waals surface area contributed by atoms with Crippen molar-refractivity contribution in [2.75, 3.05) is 19.1 Å². The van der Waals surface area contributed by atoms with Crippen LogP contribution in [-0.4, -0.2) is 48.3 Å². The van der Waals surface area contributed by atoms with Gasteiger partial charge in [0.2, 0.25) is 0 Å². The Kier molecular flexibility index (Phi) is 5.63. The number of ether oxygens (including phenoxy) is 3. The summed E-state index contributed by atoms with van der Waals surface area (Å²) in [6.45, 7) is 2.42. The number of fused-ring (bicyclic) bond motifs is 2. The third kappa shape index (κ3) is 4.04. The minimum Gasteiger partial charge on any atom is -0.382 e. The number of nitrogens with one attached hydrogen (secondary N) is 1. The zero-order valence-corrected chi connectivity index (χ0v) is 14.8. The number of nitro groups is 2. The van der Waals surface area contributed by atoms with E-state index in [-0.39, 0.29) is 41.7 Å². The second-order valence-electron chi connectivity index (χ2n) is 6.58. The van der Waals surface area contributed by atoms with Crippen LogP contribution in [0.3, 0.4) is 0 Å². The number of anilines is 1. The van der Waals surface area contributed by atoms with E-state index in [0.29, 0.717) is 6.61 Å². The Morgan fingerprint density at radius 1 is 1.33 bits per heavy atom. The Hall–Kier alpha value is -2.63. The van der Waals surface area contributed by atoms with Gasteiger partial charge in [0, 0.05) is 31.2 Å². The monoisotopic (exact) mass is 380 g/mol. The second-order valence-corrected chi connectivity index (χ2v) is 6.58. The highest BCUT2D eigenvalue weighted by molar-refractivity contribution is 5.68. The molecule has 11 heteroatoms. The first-order valence-electron chi connectivity index (χ1n) is 8.42. The number of rotatable bonds is 7. The number of nitro benzene ring substituents is 2. The van der Waals surface area contributed by atoms with E-state index in [1.165, 1.54) is 12.1 Å². The van der Waals surface area contributed by atoms with E-state index in [2.05, 4.69) is 10.5 Å². The third-order valence-corrected chi connectivity index (χ3v) is 4.67. The highest BCUT2D eigenvalue weighted by Crippen LogP contribution is 2.38. The molecule has 1 N–H and O–H groups in total. The van der Waals surface area contributed by atoms with Gasteiger partial charge in [-0.1, -0.05) is 6.92 Å². The summed E-state index contributed by atoms with van der Waals surface area (Å²) in [4.78, 5) is 20.6. The van der Waals surface area contributed by atoms with Crippen molar-refractivity contribution in [1.82, 2.24) is 0 Å². The zero-order valence-electron chi connectivity index (χ0n) is 14.8. The van der Waals surface area contributed by atoms with Crippen molar-refractivity contribution in [3.05, 3.63) is 38.4 Å². The normalized spacial score (nSPS) is 29.8. The first-order valence-corrected chi connectivity index (χ1v) is 8.42. The van der Waals surface area contributed by atoms with Crippen LogP contribution in [0, 0.1) is 32.1 Å². The highest BCUT2D eigenvalue weighted by Gasteiger charge is 2.47. The summed E-state index contributed by atoms with van der Waals surface area (Å²) in [7, 11) is 1.59. The van der Waals surface area contributed by atoms with Crippen molar-refractivity contribution >= 4 is 23.3 Å². The molecule has 2 fully saturated rings. The lowest BCUT2D eigenvalue weighted by molar-refractivity contribution is -0.393. The first kappa shape index (κ1) is 19.1. The largest absolute Gasteiger partial charge is 0.382 e. The molecule has 1 aromatic rings. The third-order valence-electron chi connectivity index (χ3n) is 4.67. The smallest absolute Gasteiger partial charge is 0.301 e. The number of methoxy groups -OCH3 is 1. The molecule has 27 heavy (non-hydrogen) atoms. The van der Waals surface area contributed by atoms with Crippen LogP contribution in [0.25, 0.3) is 0 Å². The second kappa shape index (κ2) is 7.94. The summed E-state index contributed by atoms with van der Waals surface area (Å²) in [5.74, 6) is 0.122. The highest BCUT2D eigenvalue weighted by atomic mass is 16.7. The van der Waals surface area contributed by atoms with Crippen molar-refractivity contribution in [2.45, 2.75) is 31.8 Å². The number of hydrogen-bond donors (Lipinski definition) is 1. The molecule has 0 unspecified atom stereocenters. The lowest BCUT2D eigenvalue weighted by Gasteiger charge is -2.30. The van der Waals surface area contributed by atoms with Gasteiger partial charge in [0.15, 0.2) is 6.29 Å². The molecule has 2 aliphatic rings. The fraction of sp³-hybridized carbons (Fsp3) is 0.562. The van der Waals surface area contributed by atoms with Gasteiger partial charge in [-0.15, -0.1) is 0 Å². The molecule has 0 spiro atoms. The molecule has 2 bridgehead atoms. The van der Waals surface area contributed by atoms with E-state index in [1.54, 1.807) is 13.3 Å². The van der Waals surface area contributed by atoms with Gasteiger partial charge in [0.25, 0.3) is 5.69 Å². The van der Waals surface area contributed by atoms with Crippen molar-refractivity contribution in [3.63, 3.8) is 0 Å². The van der Waals surface area contributed by atoms with E-state index in [1.807, 2.05) is 6.92 Å². The average Bonchev–Trinajstić information content (AvgIpc) is 2.99. The van der Waals surface area contributed by atoms with Crippen LogP contribution in [0.15, 0.2) is 23.3 Å². The van der Waals surface area contributed by atoms with E-state index < -0.39 is 15.5 Å². The molecule has 1 aromatic carbocycles. The van der Waals surface area contributed by atoms with Crippen molar-refractivity contribution in [2.24, 2.45) is 16.9 Å². The fourth-order valence-electron chi connectivity index (χ4n) is 3.37. The Balaban J connectivity index is 1.73. The van der Waals surface area contributed by atoms with Crippen LogP contribution in [-0.2, 0) is 14.2 Å². The molecule has 11 nitrogen and oxygen atoms in total. The number of nitrogens with zero attached hydrogens (tertiary/aromatic N) is 3. The van der Waals surface area contributed by atoms with Crippen LogP contribution in [0.4, 0.5) is 17.1 Å². The molecule has 0 aromatic heterocycles. The Morgan fingerprint density at radius 3 is 2.78 bits per heavy atom. The van der Waals surface area contributed by atoms with Crippen molar-refractivity contribution in [3.8, 4) is 0 Å². The van der Waals surface area contributed by atoms with Gasteiger partial charge in [-0.2, -0.15) is 5.10 Å². The summed E-state index contributed by atoms with van der Waals surface area (Å²) in [5.41, 5.74) is 1.90. The number of hydrazone groups is 1. The molecule has 0 saturated carbocycles. The van der Waals surface area contributed by atoms with Gasteiger partial charge >= 0.3 is 5.69 Å². The minimum absolute atomic E-state index is 0.0523. The molecule has 2 saturated heterocycles. The van der Waals surface area contributed by atoms with Crippen LogP contribution >= 0.6 is 0 Å².